The molecule has 0 spiro atoms. The van der Waals surface area contributed by atoms with Crippen molar-refractivity contribution >= 4 is 0 Å². The molecule has 0 fully saturated rings. The molecule has 1 atom stereocenters. The lowest BCUT2D eigenvalue weighted by Crippen LogP contribution is -2.35. The van der Waals surface area contributed by atoms with Crippen LogP contribution in [-0.2, 0) is 0 Å². The molecule has 0 radical (unpaired) electrons. The van der Waals surface area contributed by atoms with E-state index in [0.717, 1.165) is 0 Å². The largest absolute Gasteiger partial charge is 0.774 e. The Morgan fingerprint density at radius 3 is 2.57 bits per heavy atom. The van der Waals surface area contributed by atoms with Gasteiger partial charge in [-0.25, -0.2) is 5.43 Å². The van der Waals surface area contributed by atoms with Gasteiger partial charge in [-0.15, -0.1) is 0 Å². The monoisotopic (exact) mass is 103 g/mol. The van der Waals surface area contributed by atoms with Crippen LogP contribution in [0.2, 0.25) is 0 Å². The smallest absolute Gasteiger partial charge is 0.135 e. The van der Waals surface area contributed by atoms with Crippen LogP contribution in [0.25, 0.3) is 0 Å². The highest BCUT2D eigenvalue weighted by Gasteiger charge is 1.85. The lowest BCUT2D eigenvalue weighted by atomic mass is 10.6. The van der Waals surface area contributed by atoms with Crippen LogP contribution >= 0.6 is 0 Å². The summed E-state index contributed by atoms with van der Waals surface area (Å²) in [5.74, 6) is 0. The molecule has 0 bridgehead atoms. The molecule has 0 heterocycles. The second kappa shape index (κ2) is 3.76. The summed E-state index contributed by atoms with van der Waals surface area (Å²) < 4.78 is 0. The summed E-state index contributed by atoms with van der Waals surface area (Å²) in [5.41, 5.74) is 3.22. The molecule has 0 amide bonds. The second-order valence-corrected chi connectivity index (χ2v) is 0.927. The fraction of sp³-hybridized carbons (Fsp3) is 0.333. The van der Waals surface area contributed by atoms with E-state index in [1.165, 1.54) is 11.7 Å². The van der Waals surface area contributed by atoms with Gasteiger partial charge in [-0.2, -0.15) is 0 Å². The van der Waals surface area contributed by atoms with Gasteiger partial charge in [0.2, 0.25) is 0 Å². The average molecular weight is 103 g/mol. The molecule has 0 aliphatic carbocycles. The summed E-state index contributed by atoms with van der Waals surface area (Å²) >= 11 is 0. The molecule has 0 aromatic heterocycles. The van der Waals surface area contributed by atoms with E-state index >= 15 is 0 Å². The molecule has 7 heavy (non-hydrogen) atoms. The first-order chi connectivity index (χ1) is 3.31. The number of hydrogen-bond acceptors (Lipinski definition) is 4. The molecule has 0 rings (SSSR count). The van der Waals surface area contributed by atoms with Crippen LogP contribution in [-0.4, -0.2) is 11.3 Å². The van der Waals surface area contributed by atoms with Crippen molar-refractivity contribution in [1.29, 1.82) is 0 Å². The minimum absolute atomic E-state index is 0.961. The molecule has 0 aliphatic heterocycles. The molecule has 3 N–H and O–H groups in total. The highest BCUT2D eigenvalue weighted by Crippen LogP contribution is 1.68. The van der Waals surface area contributed by atoms with Crippen LogP contribution in [0.1, 0.15) is 0 Å². The predicted molar refractivity (Wildman–Crippen MR) is 25.8 cm³/mol. The van der Waals surface area contributed by atoms with Crippen molar-refractivity contribution in [3.05, 3.63) is 17.9 Å². The Bertz CT molecular complexity index is 56.9. The zero-order valence-corrected chi connectivity index (χ0v) is 3.72. The van der Waals surface area contributed by atoms with E-state index in [0.29, 0.717) is 0 Å². The third-order valence-corrected chi connectivity index (χ3v) is 0.430. The number of hydrazine groups is 1. The highest BCUT2D eigenvalue weighted by atomic mass is 16.5. The van der Waals surface area contributed by atoms with E-state index in [9.17, 15) is 5.21 Å². The Balaban J connectivity index is 2.98. The van der Waals surface area contributed by atoms with Gasteiger partial charge in [-0.05, 0) is 6.08 Å². The molecule has 0 saturated carbocycles. The van der Waals surface area contributed by atoms with Gasteiger partial charge in [-0.1, -0.05) is 6.58 Å². The average Bonchev–Trinajstić information content (AvgIpc) is 1.68. The van der Waals surface area contributed by atoms with E-state index in [1.807, 2.05) is 5.43 Å². The molecular weight excluding hydrogens is 96.0 g/mol. The first kappa shape index (κ1) is 6.58. The molecule has 1 unspecified atom stereocenters. The molecule has 4 nitrogen and oxygen atoms in total. The molecule has 0 aromatic rings. The van der Waals surface area contributed by atoms with Crippen molar-refractivity contribution < 1.29 is 5.11 Å². The van der Waals surface area contributed by atoms with Crippen molar-refractivity contribution in [2.24, 2.45) is 0 Å². The summed E-state index contributed by atoms with van der Waals surface area (Å²) in [4.78, 5) is 0. The third-order valence-electron chi connectivity index (χ3n) is 0.430. The van der Waals surface area contributed by atoms with E-state index in [1.54, 1.807) is 0 Å². The topological polar surface area (TPSA) is 67.3 Å². The third kappa shape index (κ3) is 3.41. The van der Waals surface area contributed by atoms with Crippen molar-refractivity contribution in [2.45, 2.75) is 6.23 Å². The van der Waals surface area contributed by atoms with Gasteiger partial charge in [0.1, 0.15) is 6.23 Å². The Morgan fingerprint density at radius 2 is 2.43 bits per heavy atom. The Morgan fingerprint density at radius 1 is 1.86 bits per heavy atom. The number of rotatable bonds is 3. The van der Waals surface area contributed by atoms with Crippen molar-refractivity contribution in [2.75, 3.05) is 0 Å². The second-order valence-electron chi connectivity index (χ2n) is 0.927. The zero-order valence-electron chi connectivity index (χ0n) is 3.72. The highest BCUT2D eigenvalue weighted by molar-refractivity contribution is 4.73. The van der Waals surface area contributed by atoms with Crippen molar-refractivity contribution in [1.82, 2.24) is 11.0 Å². The SMILES string of the molecule is C=CC(O)NN[O-]. The summed E-state index contributed by atoms with van der Waals surface area (Å²) in [7, 11) is 0. The van der Waals surface area contributed by atoms with Gasteiger partial charge in [0, 0.05) is 0 Å². The molecule has 0 aromatic carbocycles. The first-order valence-corrected chi connectivity index (χ1v) is 1.74. The lowest BCUT2D eigenvalue weighted by Gasteiger charge is -2.11. The van der Waals surface area contributed by atoms with Crippen LogP contribution < -0.4 is 11.0 Å². The van der Waals surface area contributed by atoms with E-state index < -0.39 is 6.23 Å². The normalized spacial score (nSPS) is 13.4. The number of aliphatic hydroxyl groups is 1. The van der Waals surface area contributed by atoms with Gasteiger partial charge in [0.15, 0.2) is 0 Å². The minimum Gasteiger partial charge on any atom is -0.774 e. The number of aliphatic hydroxyl groups excluding tert-OH is 1. The van der Waals surface area contributed by atoms with Crippen molar-refractivity contribution in [3.63, 3.8) is 0 Å². The van der Waals surface area contributed by atoms with Crippen LogP contribution in [0.15, 0.2) is 12.7 Å². The standard InChI is InChI=1S/C3H7N2O2/c1-2-3(6)4-5-7/h2-6H,1H2/q-1. The van der Waals surface area contributed by atoms with Gasteiger partial charge in [0.25, 0.3) is 0 Å². The molecule has 42 valence electrons. The summed E-state index contributed by atoms with van der Waals surface area (Å²) in [5, 5.41) is 17.7. The Labute approximate surface area is 41.4 Å². The van der Waals surface area contributed by atoms with E-state index in [2.05, 4.69) is 6.58 Å². The first-order valence-electron chi connectivity index (χ1n) is 1.74. The molecule has 0 saturated heterocycles. The summed E-state index contributed by atoms with van der Waals surface area (Å²) in [6.07, 6.45) is 0.225. The van der Waals surface area contributed by atoms with Gasteiger partial charge in [-0.3, -0.25) is 0 Å². The van der Waals surface area contributed by atoms with Crippen LogP contribution in [0.4, 0.5) is 0 Å². The summed E-state index contributed by atoms with van der Waals surface area (Å²) in [6.45, 7) is 3.19. The van der Waals surface area contributed by atoms with Gasteiger partial charge < -0.3 is 15.9 Å². The van der Waals surface area contributed by atoms with Gasteiger partial charge >= 0.3 is 0 Å². The number of hydrogen-bond donors (Lipinski definition) is 3. The Kier molecular flexibility index (Phi) is 3.53. The molecule has 4 heteroatoms. The zero-order chi connectivity index (χ0) is 5.70. The van der Waals surface area contributed by atoms with Crippen LogP contribution in [0.5, 0.6) is 0 Å². The van der Waals surface area contributed by atoms with Crippen LogP contribution in [0.3, 0.4) is 0 Å². The van der Waals surface area contributed by atoms with E-state index in [4.69, 9.17) is 5.11 Å². The lowest BCUT2D eigenvalue weighted by molar-refractivity contribution is 0.173. The maximum absolute atomic E-state index is 9.33. The quantitative estimate of drug-likeness (QED) is 0.245. The van der Waals surface area contributed by atoms with Gasteiger partial charge in [0.05, 0.1) is 0 Å². The van der Waals surface area contributed by atoms with Crippen LogP contribution in [0, 0.1) is 5.21 Å². The molecule has 0 aliphatic rings. The predicted octanol–water partition coefficient (Wildman–Crippen LogP) is -0.917. The van der Waals surface area contributed by atoms with Crippen molar-refractivity contribution in [3.8, 4) is 0 Å². The van der Waals surface area contributed by atoms with E-state index in [-0.39, 0.29) is 0 Å². The number of nitrogens with one attached hydrogen (secondary N) is 2. The Hall–Kier alpha value is -0.420. The summed E-state index contributed by atoms with van der Waals surface area (Å²) in [6, 6.07) is 0. The maximum Gasteiger partial charge on any atom is 0.135 e. The maximum atomic E-state index is 9.33. The fourth-order valence-corrected chi connectivity index (χ4v) is 0.119. The minimum atomic E-state index is -0.961. The fourth-order valence-electron chi connectivity index (χ4n) is 0.119. The molecular formula is C3H7N2O2-.